The van der Waals surface area contributed by atoms with Crippen LogP contribution in [0.15, 0.2) is 79.0 Å². The number of hydrogen-bond acceptors (Lipinski definition) is 13. The van der Waals surface area contributed by atoms with Crippen LogP contribution in [0.1, 0.15) is 180 Å². The van der Waals surface area contributed by atoms with Crippen LogP contribution in [-0.2, 0) is 69.2 Å². The number of nitrogens with one attached hydrogen (secondary N) is 4. The minimum atomic E-state index is -0.439. The van der Waals surface area contributed by atoms with Crippen molar-refractivity contribution in [1.82, 2.24) is 50.6 Å². The summed E-state index contributed by atoms with van der Waals surface area (Å²) in [4.78, 5) is 58.6. The molecular weight excluding hydrogens is 1160 g/mol. The predicted molar refractivity (Wildman–Crippen MR) is 349 cm³/mol. The second kappa shape index (κ2) is 35.1. The number of aromatic nitrogens is 6. The van der Waals surface area contributed by atoms with Crippen LogP contribution in [0.25, 0.3) is 0 Å². The largest absolute Gasteiger partial charge is 0.492 e. The number of nitrogens with zero attached hydrogens (tertiary/aromatic N) is 6. The molecule has 484 valence electrons. The molecule has 6 aromatic rings. The van der Waals surface area contributed by atoms with Crippen LogP contribution in [0, 0.1) is 0 Å². The normalized spacial score (nSPS) is 13.2. The fraction of sp³-hybridized carbons (Fsp3) is 0.537. The zero-order chi connectivity index (χ0) is 63.2. The van der Waals surface area contributed by atoms with Crippen molar-refractivity contribution in [3.05, 3.63) is 141 Å². The zero-order valence-corrected chi connectivity index (χ0v) is 56.3. The van der Waals surface area contributed by atoms with Gasteiger partial charge in [0.1, 0.15) is 42.7 Å². The molecule has 0 fully saturated rings. The molecule has 3 aromatic heterocycles. The molecule has 0 unspecified atom stereocenters. The van der Waals surface area contributed by atoms with Crippen molar-refractivity contribution in [1.29, 1.82) is 0 Å². The Morgan fingerprint density at radius 1 is 0.568 bits per heavy atom. The van der Waals surface area contributed by atoms with E-state index >= 15 is 0 Å². The summed E-state index contributed by atoms with van der Waals surface area (Å²) in [6.45, 7) is 30.1. The monoisotopic (exact) mass is 1260 g/mol. The number of aromatic amines is 3. The second-order valence-electron chi connectivity index (χ2n) is 25.9. The van der Waals surface area contributed by atoms with Crippen LogP contribution in [-0.4, -0.2) is 142 Å². The van der Waals surface area contributed by atoms with Gasteiger partial charge in [-0.05, 0) is 142 Å². The van der Waals surface area contributed by atoms with E-state index in [9.17, 15) is 14.4 Å². The Kier molecular flexibility index (Phi) is 30.0. The van der Waals surface area contributed by atoms with Crippen molar-refractivity contribution < 1.29 is 42.9 Å². The molecule has 4 N–H and O–H groups in total. The van der Waals surface area contributed by atoms with Crippen molar-refractivity contribution in [3.63, 3.8) is 0 Å². The number of para-hydroxylation sites is 3. The molecule has 0 saturated heterocycles. The second-order valence-corrected chi connectivity index (χ2v) is 25.9. The molecule has 2 aliphatic carbocycles. The van der Waals surface area contributed by atoms with E-state index in [4.69, 9.17) is 28.5 Å². The van der Waals surface area contributed by atoms with Gasteiger partial charge >= 0.3 is 12.2 Å². The number of benzene rings is 3. The number of halogens is 2. The molecule has 19 nitrogen and oxygen atoms in total. The average molecular weight is 1260 g/mol. The van der Waals surface area contributed by atoms with Gasteiger partial charge in [-0.3, -0.25) is 24.9 Å². The maximum absolute atomic E-state index is 12.7. The lowest BCUT2D eigenvalue weighted by atomic mass is 9.86. The van der Waals surface area contributed by atoms with E-state index in [0.717, 1.165) is 96.9 Å². The highest BCUT2D eigenvalue weighted by Crippen LogP contribution is 2.34. The molecule has 9 rings (SSSR count). The fourth-order valence-electron chi connectivity index (χ4n) is 10.1. The zero-order valence-electron chi connectivity index (χ0n) is 54.7. The number of H-pyrrole nitrogens is 3. The Balaban J connectivity index is 0.000000308. The van der Waals surface area contributed by atoms with E-state index in [0.29, 0.717) is 57.4 Å². The predicted octanol–water partition coefficient (Wildman–Crippen LogP) is 12.0. The number of ether oxygens (including phenoxy) is 4. The van der Waals surface area contributed by atoms with Gasteiger partial charge < -0.3 is 39.0 Å². The highest BCUT2D eigenvalue weighted by atomic mass is 35.5. The number of rotatable bonds is 14. The standard InChI is InChI=1S/2C21H29N3O2.C13H21NO.C11H17N3O2.CO2.2ClH/c2*1-21(2,3)16-10-6-8-12-18(16)26-14-13-24(4)20(25)19-15-9-5-7-11-17(15)22-23-19;1-13(2,3)11-7-5-6-8-12(11)15-10-9-14-4;1-11(2,3)16-10(15)14-5-4-8-6-12-13-9(8)7-14;2-1-3;;/h2*6,8,10,12H,5,7,9,11,13-14H2,1-4H3,(H,22,23);5-8,14H,9-10H2,1-4H3;6H,4-5,7H2,1-3H3,(H,12,13);;2*1H. The van der Waals surface area contributed by atoms with E-state index in [2.05, 4.69) is 122 Å². The van der Waals surface area contributed by atoms with Crippen LogP contribution < -0.4 is 19.5 Å². The van der Waals surface area contributed by atoms with Crippen molar-refractivity contribution in [2.75, 3.05) is 67.1 Å². The molecule has 1 aliphatic heterocycles. The Morgan fingerprint density at radius 2 is 0.955 bits per heavy atom. The molecule has 3 amide bonds. The third kappa shape index (κ3) is 22.8. The van der Waals surface area contributed by atoms with Crippen LogP contribution in [0.5, 0.6) is 17.2 Å². The van der Waals surface area contributed by atoms with E-state index in [1.54, 1.807) is 14.7 Å². The van der Waals surface area contributed by atoms with Crippen LogP contribution in [0.2, 0.25) is 0 Å². The first-order valence-corrected chi connectivity index (χ1v) is 30.1. The van der Waals surface area contributed by atoms with Crippen LogP contribution in [0.4, 0.5) is 4.79 Å². The number of carbonyl (C=O) groups is 3. The van der Waals surface area contributed by atoms with Crippen LogP contribution in [0.3, 0.4) is 0 Å². The summed E-state index contributed by atoms with van der Waals surface area (Å²) in [6, 6.07) is 24.5. The van der Waals surface area contributed by atoms with Crippen molar-refractivity contribution in [3.8, 4) is 17.2 Å². The Hall–Kier alpha value is -7.18. The van der Waals surface area contributed by atoms with E-state index in [1.165, 1.54) is 35.1 Å². The molecular formula is C67H98Cl2N10O9. The summed E-state index contributed by atoms with van der Waals surface area (Å²) >= 11 is 0. The molecule has 0 atom stereocenters. The topological polar surface area (TPSA) is 230 Å². The molecule has 3 aromatic carbocycles. The summed E-state index contributed by atoms with van der Waals surface area (Å²) < 4.78 is 23.0. The van der Waals surface area contributed by atoms with Gasteiger partial charge in [0.25, 0.3) is 11.8 Å². The first-order valence-electron chi connectivity index (χ1n) is 30.1. The highest BCUT2D eigenvalue weighted by molar-refractivity contribution is 5.94. The lowest BCUT2D eigenvalue weighted by Crippen LogP contribution is -2.39. The van der Waals surface area contributed by atoms with Gasteiger partial charge in [0.15, 0.2) is 11.4 Å². The fourth-order valence-corrected chi connectivity index (χ4v) is 10.1. The third-order valence-electron chi connectivity index (χ3n) is 14.7. The molecule has 88 heavy (non-hydrogen) atoms. The molecule has 3 aliphatic rings. The van der Waals surface area contributed by atoms with Gasteiger partial charge in [0, 0.05) is 49.7 Å². The smallest absolute Gasteiger partial charge is 0.410 e. The molecule has 0 bridgehead atoms. The molecule has 0 radical (unpaired) electrons. The van der Waals surface area contributed by atoms with Gasteiger partial charge in [-0.2, -0.15) is 24.9 Å². The minimum Gasteiger partial charge on any atom is -0.492 e. The van der Waals surface area contributed by atoms with Crippen LogP contribution >= 0.6 is 24.8 Å². The van der Waals surface area contributed by atoms with Crippen molar-refractivity contribution in [2.24, 2.45) is 0 Å². The molecule has 0 saturated carbocycles. The molecule has 4 heterocycles. The first-order chi connectivity index (χ1) is 40.7. The lowest BCUT2D eigenvalue weighted by molar-refractivity contribution is -0.191. The summed E-state index contributed by atoms with van der Waals surface area (Å²) in [5.41, 5.74) is 11.2. The average Bonchev–Trinajstić information content (AvgIpc) is 4.09. The van der Waals surface area contributed by atoms with Crippen molar-refractivity contribution in [2.45, 2.75) is 169 Å². The molecule has 21 heteroatoms. The number of hydrogen-bond donors (Lipinski definition) is 4. The number of carbonyl (C=O) groups excluding carboxylic acids is 5. The summed E-state index contributed by atoms with van der Waals surface area (Å²) in [5.74, 6) is 2.71. The Labute approximate surface area is 534 Å². The lowest BCUT2D eigenvalue weighted by Gasteiger charge is -2.29. The first kappa shape index (κ1) is 75.1. The number of fused-ring (bicyclic) bond motifs is 3. The number of amides is 3. The highest BCUT2D eigenvalue weighted by Gasteiger charge is 2.29. The SMILES string of the molecule is CC(C)(C)OC(=O)N1CCc2cn[nH]c2C1.CN(CCOc1ccccc1C(C)(C)C)C(=O)c1n[nH]c2c1CCCC2.CN(CCOc1ccccc1C(C)(C)C)C(=O)c1n[nH]c2c1CCCC2.CNCCOc1ccccc1C(C)(C)C.Cl.Cl.O=C=O. The van der Waals surface area contributed by atoms with E-state index in [-0.39, 0.29) is 65.1 Å². The molecule has 0 spiro atoms. The van der Waals surface area contributed by atoms with Crippen molar-refractivity contribution >= 4 is 48.9 Å². The van der Waals surface area contributed by atoms with Gasteiger partial charge in [-0.1, -0.05) is 117 Å². The maximum atomic E-state index is 12.7. The van der Waals surface area contributed by atoms with Gasteiger partial charge in [-0.15, -0.1) is 24.8 Å². The maximum Gasteiger partial charge on any atom is 0.410 e. The van der Waals surface area contributed by atoms with Gasteiger partial charge in [0.05, 0.1) is 31.5 Å². The van der Waals surface area contributed by atoms with E-state index in [1.807, 2.05) is 96.6 Å². The number of aryl methyl sites for hydroxylation is 2. The summed E-state index contributed by atoms with van der Waals surface area (Å²) in [7, 11) is 5.55. The quantitative estimate of drug-likeness (QED) is 0.0745. The van der Waals surface area contributed by atoms with Gasteiger partial charge in [0.2, 0.25) is 0 Å². The van der Waals surface area contributed by atoms with E-state index < -0.39 is 5.60 Å². The Bertz CT molecular complexity index is 3010. The third-order valence-corrected chi connectivity index (χ3v) is 14.7. The minimum absolute atomic E-state index is 0. The summed E-state index contributed by atoms with van der Waals surface area (Å²) in [6.07, 6.45) is 11.1. The van der Waals surface area contributed by atoms with Gasteiger partial charge in [-0.25, -0.2) is 4.79 Å². The number of likely N-dealkylation sites (N-methyl/N-ethyl adjacent to an activating group) is 3. The summed E-state index contributed by atoms with van der Waals surface area (Å²) in [5, 5.41) is 24.6. The Morgan fingerprint density at radius 3 is 1.34 bits per heavy atom.